The Balaban J connectivity index is 2.85. The van der Waals surface area contributed by atoms with Crippen molar-refractivity contribution in [3.63, 3.8) is 0 Å². The summed E-state index contributed by atoms with van der Waals surface area (Å²) in [4.78, 5) is 23.1. The molecule has 1 aromatic carbocycles. The number of anilines is 2. The number of carbonyl (C=O) groups excluding carboxylic acids is 2. The Kier molecular flexibility index (Phi) is 5.79. The quantitative estimate of drug-likeness (QED) is 0.776. The molecule has 0 spiro atoms. The molecule has 1 atom stereocenters. The van der Waals surface area contributed by atoms with Crippen LogP contribution in [0.25, 0.3) is 0 Å². The molecule has 0 fully saturated rings. The van der Waals surface area contributed by atoms with Crippen LogP contribution in [-0.4, -0.2) is 24.9 Å². The van der Waals surface area contributed by atoms with E-state index in [-0.39, 0.29) is 17.9 Å². The topological polar surface area (TPSA) is 70.2 Å². The second kappa shape index (κ2) is 7.11. The molecule has 0 bridgehead atoms. The van der Waals surface area contributed by atoms with Crippen molar-refractivity contribution in [1.29, 1.82) is 0 Å². The molecule has 5 nitrogen and oxygen atoms in total. The van der Waals surface area contributed by atoms with E-state index in [9.17, 15) is 9.59 Å². The van der Waals surface area contributed by atoms with Gasteiger partial charge in [-0.1, -0.05) is 18.5 Å². The highest BCUT2D eigenvalue weighted by Crippen LogP contribution is 2.25. The molecule has 0 aliphatic heterocycles. The number of halogens is 1. The maximum absolute atomic E-state index is 11.8. The number of hydrogen-bond acceptors (Lipinski definition) is 3. The van der Waals surface area contributed by atoms with Gasteiger partial charge >= 0.3 is 0 Å². The first-order valence-electron chi connectivity index (χ1n) is 6.05. The second-order valence-corrected chi connectivity index (χ2v) is 4.50. The molecule has 3 N–H and O–H groups in total. The van der Waals surface area contributed by atoms with Crippen LogP contribution in [0.15, 0.2) is 18.2 Å². The smallest absolute Gasteiger partial charge is 0.241 e. The van der Waals surface area contributed by atoms with Crippen molar-refractivity contribution < 1.29 is 9.59 Å². The van der Waals surface area contributed by atoms with Crippen LogP contribution in [0, 0.1) is 0 Å². The molecule has 0 aliphatic rings. The van der Waals surface area contributed by atoms with E-state index in [4.69, 9.17) is 11.6 Å². The Bertz CT molecular complexity index is 477. The highest BCUT2D eigenvalue weighted by molar-refractivity contribution is 6.34. The molecule has 2 amide bonds. The predicted octanol–water partition coefficient (Wildman–Crippen LogP) is 2.23. The maximum Gasteiger partial charge on any atom is 0.241 e. The third kappa shape index (κ3) is 4.54. The first kappa shape index (κ1) is 15.5. The van der Waals surface area contributed by atoms with Crippen molar-refractivity contribution in [2.75, 3.05) is 17.7 Å². The van der Waals surface area contributed by atoms with Gasteiger partial charge in [-0.3, -0.25) is 9.59 Å². The first-order valence-corrected chi connectivity index (χ1v) is 6.43. The fraction of sp³-hybridized carbons (Fsp3) is 0.385. The molecule has 1 unspecified atom stereocenters. The largest absolute Gasteiger partial charge is 0.326 e. The molecule has 6 heteroatoms. The maximum atomic E-state index is 11.8. The molecular formula is C13H18ClN3O2. The Hall–Kier alpha value is -1.59. The van der Waals surface area contributed by atoms with Crippen molar-refractivity contribution in [2.45, 2.75) is 26.3 Å². The fourth-order valence-electron chi connectivity index (χ4n) is 1.32. The van der Waals surface area contributed by atoms with E-state index in [1.807, 2.05) is 0 Å². The zero-order valence-corrected chi connectivity index (χ0v) is 12.0. The number of rotatable bonds is 5. The number of likely N-dealkylation sites (N-methyl/N-ethyl adjacent to an activating group) is 1. The summed E-state index contributed by atoms with van der Waals surface area (Å²) in [7, 11) is 1.70. The van der Waals surface area contributed by atoms with Crippen molar-refractivity contribution in [3.8, 4) is 0 Å². The van der Waals surface area contributed by atoms with E-state index < -0.39 is 0 Å². The number of carbonyl (C=O) groups is 2. The van der Waals surface area contributed by atoms with E-state index in [2.05, 4.69) is 16.0 Å². The normalized spacial score (nSPS) is 11.8. The minimum atomic E-state index is -0.329. The van der Waals surface area contributed by atoms with Crippen LogP contribution in [0.3, 0.4) is 0 Å². The van der Waals surface area contributed by atoms with Gasteiger partial charge in [0.15, 0.2) is 0 Å². The van der Waals surface area contributed by atoms with Crippen molar-refractivity contribution >= 4 is 34.8 Å². The van der Waals surface area contributed by atoms with Crippen LogP contribution in [-0.2, 0) is 9.59 Å². The summed E-state index contributed by atoms with van der Waals surface area (Å²) >= 11 is 6.01. The molecule has 0 heterocycles. The number of nitrogens with one attached hydrogen (secondary N) is 3. The van der Waals surface area contributed by atoms with Gasteiger partial charge in [-0.05, 0) is 32.2 Å². The monoisotopic (exact) mass is 283 g/mol. The van der Waals surface area contributed by atoms with Gasteiger partial charge in [0.05, 0.1) is 16.8 Å². The van der Waals surface area contributed by atoms with Gasteiger partial charge < -0.3 is 16.0 Å². The van der Waals surface area contributed by atoms with Crippen molar-refractivity contribution in [1.82, 2.24) is 5.32 Å². The highest BCUT2D eigenvalue weighted by atomic mass is 35.5. The molecule has 1 aromatic rings. The summed E-state index contributed by atoms with van der Waals surface area (Å²) < 4.78 is 0. The van der Waals surface area contributed by atoms with Gasteiger partial charge in [-0.2, -0.15) is 0 Å². The number of benzene rings is 1. The lowest BCUT2D eigenvalue weighted by molar-refractivity contribution is -0.117. The van der Waals surface area contributed by atoms with E-state index >= 15 is 0 Å². The minimum absolute atomic E-state index is 0.0943. The SMILES string of the molecule is CCC(=O)Nc1ccc(Cl)c(NC(=O)C(C)NC)c1. The average molecular weight is 284 g/mol. The fourth-order valence-corrected chi connectivity index (χ4v) is 1.49. The average Bonchev–Trinajstić information content (AvgIpc) is 2.41. The summed E-state index contributed by atoms with van der Waals surface area (Å²) in [6.45, 7) is 3.51. The summed E-state index contributed by atoms with van der Waals surface area (Å²) in [6.07, 6.45) is 0.390. The van der Waals surface area contributed by atoms with Crippen molar-refractivity contribution in [3.05, 3.63) is 23.2 Å². The third-order valence-corrected chi connectivity index (χ3v) is 2.98. The van der Waals surface area contributed by atoms with Crippen LogP contribution >= 0.6 is 11.6 Å². The summed E-state index contributed by atoms with van der Waals surface area (Å²) in [5, 5.41) is 8.68. The zero-order valence-electron chi connectivity index (χ0n) is 11.2. The van der Waals surface area contributed by atoms with Gasteiger partial charge in [-0.15, -0.1) is 0 Å². The van der Waals surface area contributed by atoms with E-state index in [1.54, 1.807) is 39.1 Å². The Morgan fingerprint density at radius 1 is 1.32 bits per heavy atom. The molecule has 19 heavy (non-hydrogen) atoms. The lowest BCUT2D eigenvalue weighted by Crippen LogP contribution is -2.35. The molecule has 0 saturated carbocycles. The third-order valence-electron chi connectivity index (χ3n) is 2.66. The van der Waals surface area contributed by atoms with Crippen LogP contribution < -0.4 is 16.0 Å². The van der Waals surface area contributed by atoms with Crippen LogP contribution in [0.1, 0.15) is 20.3 Å². The van der Waals surface area contributed by atoms with Crippen LogP contribution in [0.2, 0.25) is 5.02 Å². The molecular weight excluding hydrogens is 266 g/mol. The van der Waals surface area contributed by atoms with E-state index in [0.29, 0.717) is 22.8 Å². The standard InChI is InChI=1S/C13H18ClN3O2/c1-4-12(18)16-9-5-6-10(14)11(7-9)17-13(19)8(2)15-3/h5-8,15H,4H2,1-3H3,(H,16,18)(H,17,19). The molecule has 0 aromatic heterocycles. The van der Waals surface area contributed by atoms with E-state index in [1.165, 1.54) is 0 Å². The van der Waals surface area contributed by atoms with Crippen LogP contribution in [0.5, 0.6) is 0 Å². The summed E-state index contributed by atoms with van der Waals surface area (Å²) in [6, 6.07) is 4.63. The molecule has 0 aliphatic carbocycles. The molecule has 104 valence electrons. The Labute approximate surface area is 117 Å². The van der Waals surface area contributed by atoms with Gasteiger partial charge in [0.25, 0.3) is 0 Å². The van der Waals surface area contributed by atoms with Gasteiger partial charge in [0.1, 0.15) is 0 Å². The Morgan fingerprint density at radius 2 is 2.00 bits per heavy atom. The van der Waals surface area contributed by atoms with Gasteiger partial charge in [-0.25, -0.2) is 0 Å². The second-order valence-electron chi connectivity index (χ2n) is 4.10. The minimum Gasteiger partial charge on any atom is -0.326 e. The molecule has 1 rings (SSSR count). The molecule has 0 radical (unpaired) electrons. The van der Waals surface area contributed by atoms with Crippen LogP contribution in [0.4, 0.5) is 11.4 Å². The zero-order chi connectivity index (χ0) is 14.4. The Morgan fingerprint density at radius 3 is 2.58 bits per heavy atom. The van der Waals surface area contributed by atoms with Crippen molar-refractivity contribution in [2.24, 2.45) is 0 Å². The first-order chi connectivity index (χ1) is 8.97. The summed E-state index contributed by atoms with van der Waals surface area (Å²) in [5.74, 6) is -0.286. The lowest BCUT2D eigenvalue weighted by Gasteiger charge is -2.13. The lowest BCUT2D eigenvalue weighted by atomic mass is 10.2. The number of amides is 2. The summed E-state index contributed by atoms with van der Waals surface area (Å²) in [5.41, 5.74) is 1.08. The highest BCUT2D eigenvalue weighted by Gasteiger charge is 2.12. The van der Waals surface area contributed by atoms with Gasteiger partial charge in [0, 0.05) is 12.1 Å². The molecule has 0 saturated heterocycles. The predicted molar refractivity (Wildman–Crippen MR) is 77.5 cm³/mol. The van der Waals surface area contributed by atoms with Gasteiger partial charge in [0.2, 0.25) is 11.8 Å². The van der Waals surface area contributed by atoms with E-state index in [0.717, 1.165) is 0 Å². The number of hydrogen-bond donors (Lipinski definition) is 3.